The van der Waals surface area contributed by atoms with Crippen LogP contribution < -0.4 is 9.64 Å². The van der Waals surface area contributed by atoms with E-state index in [-0.39, 0.29) is 10.8 Å². The van der Waals surface area contributed by atoms with Crippen LogP contribution in [0.5, 0.6) is 5.75 Å². The summed E-state index contributed by atoms with van der Waals surface area (Å²) in [5.74, 6) is 1.36. The first-order valence-electron chi connectivity index (χ1n) is 10.0. The van der Waals surface area contributed by atoms with Gasteiger partial charge in [0.25, 0.3) is 0 Å². The van der Waals surface area contributed by atoms with Gasteiger partial charge in [-0.15, -0.1) is 0 Å². The second-order valence-electron chi connectivity index (χ2n) is 7.85. The fraction of sp³-hybridized carbons (Fsp3) is 0.476. The van der Waals surface area contributed by atoms with Gasteiger partial charge in [-0.25, -0.2) is 18.4 Å². The third-order valence-electron chi connectivity index (χ3n) is 5.90. The molecule has 0 aliphatic carbocycles. The zero-order valence-electron chi connectivity index (χ0n) is 17.7. The van der Waals surface area contributed by atoms with E-state index in [1.54, 1.807) is 24.1 Å². The highest BCUT2D eigenvalue weighted by Gasteiger charge is 2.40. The quantitative estimate of drug-likeness (QED) is 0.740. The first-order valence-corrected chi connectivity index (χ1v) is 11.5. The molecule has 30 heavy (non-hydrogen) atoms. The van der Waals surface area contributed by atoms with Crippen molar-refractivity contribution in [3.63, 3.8) is 0 Å². The van der Waals surface area contributed by atoms with Gasteiger partial charge in [0.05, 0.1) is 13.2 Å². The Hall–Kier alpha value is -2.52. The highest BCUT2D eigenvalue weighted by molar-refractivity contribution is 7.89. The molecule has 1 aromatic carbocycles. The Kier molecular flexibility index (Phi) is 5.27. The van der Waals surface area contributed by atoms with Gasteiger partial charge < -0.3 is 4.74 Å². The molecule has 8 nitrogen and oxygen atoms in total. The number of fused-ring (bicyclic) bond motifs is 1. The third-order valence-corrected chi connectivity index (χ3v) is 7.83. The minimum Gasteiger partial charge on any atom is -0.495 e. The zero-order chi connectivity index (χ0) is 21.6. The van der Waals surface area contributed by atoms with Gasteiger partial charge in [0, 0.05) is 31.3 Å². The number of carbonyl (C=O) groups is 1. The van der Waals surface area contributed by atoms with Crippen LogP contribution in [0.2, 0.25) is 0 Å². The fourth-order valence-corrected chi connectivity index (χ4v) is 6.13. The van der Waals surface area contributed by atoms with Crippen LogP contribution in [0.3, 0.4) is 0 Å². The molecule has 1 amide bonds. The van der Waals surface area contributed by atoms with Crippen molar-refractivity contribution in [2.45, 2.75) is 50.5 Å². The molecule has 2 aromatic rings. The summed E-state index contributed by atoms with van der Waals surface area (Å²) in [7, 11) is -0.640. The van der Waals surface area contributed by atoms with Crippen molar-refractivity contribution in [2.24, 2.45) is 0 Å². The number of aryl methyl sites for hydroxylation is 2. The molecule has 0 N–H and O–H groups in total. The summed E-state index contributed by atoms with van der Waals surface area (Å²) in [6.45, 7) is 4.13. The van der Waals surface area contributed by atoms with E-state index in [1.165, 1.54) is 11.4 Å². The average Bonchev–Trinajstić information content (AvgIpc) is 3.21. The van der Waals surface area contributed by atoms with E-state index in [0.29, 0.717) is 49.6 Å². The fourth-order valence-electron chi connectivity index (χ4n) is 4.24. The van der Waals surface area contributed by atoms with Crippen molar-refractivity contribution in [1.82, 2.24) is 14.3 Å². The predicted octanol–water partition coefficient (Wildman–Crippen LogP) is 2.54. The lowest BCUT2D eigenvalue weighted by Gasteiger charge is -2.28. The number of methoxy groups -OCH3 is 1. The Morgan fingerprint density at radius 3 is 2.67 bits per heavy atom. The maximum absolute atomic E-state index is 13.6. The Morgan fingerprint density at radius 1 is 1.17 bits per heavy atom. The summed E-state index contributed by atoms with van der Waals surface area (Å²) in [5.41, 5.74) is 2.59. The van der Waals surface area contributed by atoms with Gasteiger partial charge in [-0.2, -0.15) is 4.31 Å². The van der Waals surface area contributed by atoms with E-state index in [1.807, 2.05) is 19.9 Å². The first-order chi connectivity index (χ1) is 14.2. The van der Waals surface area contributed by atoms with Gasteiger partial charge in [-0.3, -0.25) is 9.69 Å². The highest BCUT2D eigenvalue weighted by atomic mass is 32.2. The van der Waals surface area contributed by atoms with Crippen molar-refractivity contribution < 1.29 is 17.9 Å². The van der Waals surface area contributed by atoms with Gasteiger partial charge in [-0.05, 0) is 50.8 Å². The Balaban J connectivity index is 1.77. The van der Waals surface area contributed by atoms with Crippen molar-refractivity contribution in [3.05, 3.63) is 40.8 Å². The van der Waals surface area contributed by atoms with Crippen LogP contribution in [0, 0.1) is 13.8 Å². The van der Waals surface area contributed by atoms with Crippen molar-refractivity contribution >= 4 is 21.7 Å². The molecule has 2 aliphatic heterocycles. The average molecular weight is 431 g/mol. The van der Waals surface area contributed by atoms with E-state index < -0.39 is 16.1 Å². The second-order valence-corrected chi connectivity index (χ2v) is 9.71. The van der Waals surface area contributed by atoms with Gasteiger partial charge in [0.2, 0.25) is 15.9 Å². The first kappa shape index (κ1) is 20.7. The van der Waals surface area contributed by atoms with E-state index >= 15 is 0 Å². The predicted molar refractivity (Wildman–Crippen MR) is 112 cm³/mol. The lowest BCUT2D eigenvalue weighted by molar-refractivity contribution is -0.118. The lowest BCUT2D eigenvalue weighted by atomic mass is 10.0. The van der Waals surface area contributed by atoms with Crippen molar-refractivity contribution in [2.75, 3.05) is 25.6 Å². The van der Waals surface area contributed by atoms with Gasteiger partial charge in [0.15, 0.2) is 0 Å². The van der Waals surface area contributed by atoms with E-state index in [9.17, 15) is 13.2 Å². The van der Waals surface area contributed by atoms with Crippen LogP contribution in [-0.2, 0) is 21.2 Å². The molecule has 1 atom stereocenters. The molecule has 0 bridgehead atoms. The molecule has 1 aromatic heterocycles. The number of carbonyl (C=O) groups excluding carboxylic acids is 1. The number of hydrogen-bond acceptors (Lipinski definition) is 6. The Labute approximate surface area is 176 Å². The molecule has 0 spiro atoms. The normalized spacial score (nSPS) is 19.8. The highest BCUT2D eigenvalue weighted by Crippen LogP contribution is 2.39. The lowest BCUT2D eigenvalue weighted by Crippen LogP contribution is -2.35. The third kappa shape index (κ3) is 3.35. The number of anilines is 1. The minimum atomic E-state index is -3.81. The zero-order valence-corrected chi connectivity index (χ0v) is 18.5. The number of hydrogen-bond donors (Lipinski definition) is 0. The van der Waals surface area contributed by atoms with Gasteiger partial charge in [-0.1, -0.05) is 6.07 Å². The summed E-state index contributed by atoms with van der Waals surface area (Å²) >= 11 is 0. The monoisotopic (exact) mass is 430 g/mol. The van der Waals surface area contributed by atoms with Crippen LogP contribution in [0.15, 0.2) is 23.1 Å². The van der Waals surface area contributed by atoms with Crippen molar-refractivity contribution in [1.29, 1.82) is 0 Å². The number of benzene rings is 1. The molecule has 4 rings (SSSR count). The largest absolute Gasteiger partial charge is 0.495 e. The second kappa shape index (κ2) is 7.63. The molecule has 9 heteroatoms. The molecule has 2 aliphatic rings. The molecule has 0 unspecified atom stereocenters. The van der Waals surface area contributed by atoms with Crippen LogP contribution in [0.4, 0.5) is 5.82 Å². The van der Waals surface area contributed by atoms with Crippen LogP contribution in [-0.4, -0.2) is 49.3 Å². The van der Waals surface area contributed by atoms with Crippen LogP contribution in [0.1, 0.15) is 47.9 Å². The number of rotatable bonds is 4. The summed E-state index contributed by atoms with van der Waals surface area (Å²) in [4.78, 5) is 23.2. The number of nitrogens with zero attached hydrogens (tertiary/aromatic N) is 4. The van der Waals surface area contributed by atoms with Crippen LogP contribution in [0.25, 0.3) is 0 Å². The summed E-state index contributed by atoms with van der Waals surface area (Å²) in [5, 5.41) is 0. The standard InChI is InChI=1S/C21H26N4O4S/c1-13-7-9-17(29-4)18(12-13)30(27,28)25-11-5-6-16(25)20-22-14(2)15-8-10-19(26)24(3)21(15)23-20/h7,9,12,16H,5-6,8,10-11H2,1-4H3/t16-/m0/s1. The SMILES string of the molecule is COc1ccc(C)cc1S(=O)(=O)N1CCC[C@H]1c1nc(C)c2c(n1)N(C)C(=O)CC2. The number of aromatic nitrogens is 2. The van der Waals surface area contributed by atoms with Gasteiger partial charge in [0.1, 0.15) is 22.3 Å². The van der Waals surface area contributed by atoms with E-state index in [0.717, 1.165) is 16.8 Å². The molecule has 0 radical (unpaired) electrons. The maximum Gasteiger partial charge on any atom is 0.247 e. The van der Waals surface area contributed by atoms with E-state index in [2.05, 4.69) is 9.97 Å². The van der Waals surface area contributed by atoms with Crippen molar-refractivity contribution in [3.8, 4) is 5.75 Å². The summed E-state index contributed by atoms with van der Waals surface area (Å²) < 4.78 is 33.9. The molecule has 1 saturated heterocycles. The number of amides is 1. The molecule has 1 fully saturated rings. The van der Waals surface area contributed by atoms with Crippen LogP contribution >= 0.6 is 0 Å². The summed E-state index contributed by atoms with van der Waals surface area (Å²) in [6.07, 6.45) is 2.39. The van der Waals surface area contributed by atoms with E-state index in [4.69, 9.17) is 4.74 Å². The molecular weight excluding hydrogens is 404 g/mol. The minimum absolute atomic E-state index is 0.00643. The number of ether oxygens (including phenoxy) is 1. The smallest absolute Gasteiger partial charge is 0.247 e. The number of sulfonamides is 1. The topological polar surface area (TPSA) is 92.7 Å². The Morgan fingerprint density at radius 2 is 1.93 bits per heavy atom. The molecular formula is C21H26N4O4S. The maximum atomic E-state index is 13.6. The molecule has 160 valence electrons. The summed E-state index contributed by atoms with van der Waals surface area (Å²) in [6, 6.07) is 4.65. The van der Waals surface area contributed by atoms with Gasteiger partial charge >= 0.3 is 0 Å². The molecule has 0 saturated carbocycles. The Bertz CT molecular complexity index is 1120. The molecule has 3 heterocycles.